The molecule has 2 aliphatic rings. The Balaban J connectivity index is 1.33. The van der Waals surface area contributed by atoms with Gasteiger partial charge in [0, 0.05) is 51.9 Å². The van der Waals surface area contributed by atoms with Crippen LogP contribution in [0.3, 0.4) is 0 Å². The van der Waals surface area contributed by atoms with Crippen molar-refractivity contribution in [2.45, 2.75) is 18.2 Å². The lowest BCUT2D eigenvalue weighted by molar-refractivity contribution is 0.0730. The van der Waals surface area contributed by atoms with Crippen molar-refractivity contribution in [2.75, 3.05) is 76.3 Å². The Morgan fingerprint density at radius 3 is 2.38 bits per heavy atom. The summed E-state index contributed by atoms with van der Waals surface area (Å²) in [7, 11) is -1.31. The van der Waals surface area contributed by atoms with Crippen molar-refractivity contribution in [1.82, 2.24) is 19.2 Å². The molecule has 2 saturated heterocycles. The maximum Gasteiger partial charge on any atom is 0.243 e. The van der Waals surface area contributed by atoms with Gasteiger partial charge in [-0.1, -0.05) is 12.1 Å². The zero-order valence-electron chi connectivity index (χ0n) is 18.8. The fourth-order valence-corrected chi connectivity index (χ4v) is 5.35. The topological polar surface area (TPSA) is 90.9 Å². The molecule has 1 aromatic carbocycles. The van der Waals surface area contributed by atoms with Crippen molar-refractivity contribution in [3.8, 4) is 0 Å². The molecular weight excluding hydrogens is 428 g/mol. The van der Waals surface area contributed by atoms with E-state index < -0.39 is 10.0 Å². The number of likely N-dealkylation sites (N-methyl/N-ethyl adjacent to an activating group) is 1. The molecule has 174 valence electrons. The van der Waals surface area contributed by atoms with E-state index in [1.807, 2.05) is 25.1 Å². The summed E-state index contributed by atoms with van der Waals surface area (Å²) in [5.41, 5.74) is 1.07. The van der Waals surface area contributed by atoms with Crippen molar-refractivity contribution in [1.29, 1.82) is 0 Å². The number of sulfonamides is 1. The van der Waals surface area contributed by atoms with Gasteiger partial charge in [-0.05, 0) is 38.1 Å². The lowest BCUT2D eigenvalue weighted by atomic mass is 10.1. The molecule has 32 heavy (non-hydrogen) atoms. The summed E-state index contributed by atoms with van der Waals surface area (Å²) in [6, 6.07) is 9.17. The van der Waals surface area contributed by atoms with Crippen LogP contribution in [0.5, 0.6) is 0 Å². The normalized spacial score (nSPS) is 18.6. The van der Waals surface area contributed by atoms with E-state index in [0.717, 1.165) is 55.6 Å². The lowest BCUT2D eigenvalue weighted by Crippen LogP contribution is -2.44. The zero-order valence-corrected chi connectivity index (χ0v) is 19.6. The van der Waals surface area contributed by atoms with E-state index in [0.29, 0.717) is 37.7 Å². The summed E-state index contributed by atoms with van der Waals surface area (Å²) >= 11 is 0. The van der Waals surface area contributed by atoms with Gasteiger partial charge in [-0.15, -0.1) is 0 Å². The Hall–Kier alpha value is -2.27. The largest absolute Gasteiger partial charge is 0.379 e. The first kappa shape index (κ1) is 22.9. The summed E-state index contributed by atoms with van der Waals surface area (Å²) in [5, 5.41) is 3.39. The molecule has 0 amide bonds. The van der Waals surface area contributed by atoms with E-state index in [9.17, 15) is 8.42 Å². The molecule has 2 fully saturated rings. The summed E-state index contributed by atoms with van der Waals surface area (Å²) in [6.45, 7) is 8.31. The minimum Gasteiger partial charge on any atom is -0.379 e. The monoisotopic (exact) mass is 460 g/mol. The predicted molar refractivity (Wildman–Crippen MR) is 125 cm³/mol. The van der Waals surface area contributed by atoms with Gasteiger partial charge in [0.25, 0.3) is 0 Å². The molecule has 0 atom stereocenters. The first-order valence-electron chi connectivity index (χ1n) is 11.1. The molecule has 0 bridgehead atoms. The summed E-state index contributed by atoms with van der Waals surface area (Å²) in [6.07, 6.45) is 0.769. The number of nitrogens with zero attached hydrogens (tertiary/aromatic N) is 5. The number of hydrogen-bond donors (Lipinski definition) is 1. The highest BCUT2D eigenvalue weighted by atomic mass is 32.2. The SMILES string of the molecule is Cc1nc(NCCc2ccc(S(=O)(=O)N3CCOCC3)cc2)cc(N2CCN(C)CC2)n1. The van der Waals surface area contributed by atoms with E-state index in [-0.39, 0.29) is 0 Å². The standard InChI is InChI=1S/C22H32N6O3S/c1-18-24-21(17-22(25-18)27-11-9-26(2)10-12-27)23-8-7-19-3-5-20(6-4-19)32(29,30)28-13-15-31-16-14-28/h3-6,17H,7-16H2,1-2H3,(H,23,24,25). The average molecular weight is 461 g/mol. The van der Waals surface area contributed by atoms with E-state index in [4.69, 9.17) is 4.74 Å². The van der Waals surface area contributed by atoms with Gasteiger partial charge in [0.05, 0.1) is 18.1 Å². The van der Waals surface area contributed by atoms with Crippen LogP contribution in [-0.4, -0.2) is 93.7 Å². The number of hydrogen-bond acceptors (Lipinski definition) is 8. The third kappa shape index (κ3) is 5.55. The maximum atomic E-state index is 12.7. The molecule has 0 saturated carbocycles. The van der Waals surface area contributed by atoms with E-state index >= 15 is 0 Å². The Labute approximate surface area is 190 Å². The van der Waals surface area contributed by atoms with Crippen molar-refractivity contribution in [2.24, 2.45) is 0 Å². The molecule has 0 aliphatic carbocycles. The molecule has 9 nitrogen and oxygen atoms in total. The Morgan fingerprint density at radius 2 is 1.69 bits per heavy atom. The number of morpholine rings is 1. The highest BCUT2D eigenvalue weighted by Gasteiger charge is 2.26. The lowest BCUT2D eigenvalue weighted by Gasteiger charge is -2.33. The van der Waals surface area contributed by atoms with Crippen LogP contribution in [0.4, 0.5) is 11.6 Å². The van der Waals surface area contributed by atoms with Gasteiger partial charge in [0.2, 0.25) is 10.0 Å². The van der Waals surface area contributed by atoms with Crippen LogP contribution in [0.2, 0.25) is 0 Å². The fourth-order valence-electron chi connectivity index (χ4n) is 3.94. The first-order chi connectivity index (χ1) is 15.4. The second-order valence-electron chi connectivity index (χ2n) is 8.29. The second-order valence-corrected chi connectivity index (χ2v) is 10.2. The van der Waals surface area contributed by atoms with Crippen LogP contribution < -0.4 is 10.2 Å². The maximum absolute atomic E-state index is 12.7. The van der Waals surface area contributed by atoms with Crippen molar-refractivity contribution < 1.29 is 13.2 Å². The molecule has 0 unspecified atom stereocenters. The molecule has 1 N–H and O–H groups in total. The van der Waals surface area contributed by atoms with Gasteiger partial charge < -0.3 is 19.9 Å². The first-order valence-corrected chi connectivity index (χ1v) is 12.6. The van der Waals surface area contributed by atoms with Gasteiger partial charge >= 0.3 is 0 Å². The van der Waals surface area contributed by atoms with Crippen molar-refractivity contribution in [3.63, 3.8) is 0 Å². The van der Waals surface area contributed by atoms with Crippen LogP contribution in [-0.2, 0) is 21.2 Å². The van der Waals surface area contributed by atoms with E-state index in [1.165, 1.54) is 4.31 Å². The number of benzene rings is 1. The second kappa shape index (κ2) is 10.1. The number of anilines is 2. The predicted octanol–water partition coefficient (Wildman–Crippen LogP) is 1.21. The third-order valence-corrected chi connectivity index (χ3v) is 7.82. The Kier molecular flexibility index (Phi) is 7.24. The van der Waals surface area contributed by atoms with Crippen LogP contribution in [0, 0.1) is 6.92 Å². The number of piperazine rings is 1. The van der Waals surface area contributed by atoms with Gasteiger partial charge in [0.15, 0.2) is 0 Å². The smallest absolute Gasteiger partial charge is 0.243 e. The van der Waals surface area contributed by atoms with Crippen LogP contribution in [0.25, 0.3) is 0 Å². The van der Waals surface area contributed by atoms with Gasteiger partial charge in [-0.25, -0.2) is 18.4 Å². The molecule has 3 heterocycles. The van der Waals surface area contributed by atoms with Crippen molar-refractivity contribution >= 4 is 21.7 Å². The Bertz CT molecular complexity index is 1000. The fraction of sp³-hybridized carbons (Fsp3) is 0.545. The number of ether oxygens (including phenoxy) is 1. The summed E-state index contributed by atoms with van der Waals surface area (Å²) in [5.74, 6) is 2.53. The van der Waals surface area contributed by atoms with Crippen LogP contribution >= 0.6 is 0 Å². The number of nitrogens with one attached hydrogen (secondary N) is 1. The average Bonchev–Trinajstić information content (AvgIpc) is 2.80. The van der Waals surface area contributed by atoms with Crippen LogP contribution in [0.15, 0.2) is 35.2 Å². The molecule has 10 heteroatoms. The number of rotatable bonds is 7. The number of aromatic nitrogens is 2. The molecule has 2 aliphatic heterocycles. The van der Waals surface area contributed by atoms with Gasteiger partial charge in [-0.2, -0.15) is 4.31 Å². The minimum atomic E-state index is -3.45. The minimum absolute atomic E-state index is 0.333. The molecule has 0 spiro atoms. The zero-order chi connectivity index (χ0) is 22.6. The quantitative estimate of drug-likeness (QED) is 0.660. The van der Waals surface area contributed by atoms with Crippen molar-refractivity contribution in [3.05, 3.63) is 41.7 Å². The van der Waals surface area contributed by atoms with Gasteiger partial charge in [0.1, 0.15) is 17.5 Å². The Morgan fingerprint density at radius 1 is 1.00 bits per heavy atom. The summed E-state index contributed by atoms with van der Waals surface area (Å²) in [4.78, 5) is 14.1. The molecule has 1 aromatic heterocycles. The van der Waals surface area contributed by atoms with Crippen LogP contribution in [0.1, 0.15) is 11.4 Å². The molecule has 2 aromatic rings. The van der Waals surface area contributed by atoms with E-state index in [1.54, 1.807) is 12.1 Å². The molecule has 4 rings (SSSR count). The number of aryl methyl sites for hydroxylation is 1. The highest BCUT2D eigenvalue weighted by molar-refractivity contribution is 7.89. The van der Waals surface area contributed by atoms with Gasteiger partial charge in [-0.3, -0.25) is 0 Å². The molecule has 0 radical (unpaired) electrons. The highest BCUT2D eigenvalue weighted by Crippen LogP contribution is 2.19. The molecular formula is C22H32N6O3S. The third-order valence-electron chi connectivity index (χ3n) is 5.90. The van der Waals surface area contributed by atoms with E-state index in [2.05, 4.69) is 32.1 Å². The summed E-state index contributed by atoms with van der Waals surface area (Å²) < 4.78 is 32.2.